The first-order valence-corrected chi connectivity index (χ1v) is 10.1. The average molecular weight is 387 g/mol. The molecule has 0 spiro atoms. The molecule has 7 heteroatoms. The molecule has 2 amide bonds. The van der Waals surface area contributed by atoms with E-state index in [4.69, 9.17) is 4.42 Å². The summed E-state index contributed by atoms with van der Waals surface area (Å²) < 4.78 is 6.78. The number of carbonyl (C=O) groups excluding carboxylic acids is 2. The molecule has 0 radical (unpaired) electrons. The Morgan fingerprint density at radius 2 is 1.93 bits per heavy atom. The van der Waals surface area contributed by atoms with Gasteiger partial charge in [0.05, 0.1) is 5.52 Å². The van der Waals surface area contributed by atoms with Gasteiger partial charge in [-0.15, -0.1) is 0 Å². The molecule has 1 aliphatic rings. The summed E-state index contributed by atoms with van der Waals surface area (Å²) in [4.78, 5) is 38.2. The van der Waals surface area contributed by atoms with Crippen LogP contribution in [0.2, 0.25) is 0 Å². The summed E-state index contributed by atoms with van der Waals surface area (Å²) in [7, 11) is 0. The Labute approximate surface area is 164 Å². The summed E-state index contributed by atoms with van der Waals surface area (Å²) >= 11 is 0. The zero-order chi connectivity index (χ0) is 20.1. The number of nitrogens with one attached hydrogen (secondary N) is 1. The van der Waals surface area contributed by atoms with Gasteiger partial charge in [0.1, 0.15) is 0 Å². The van der Waals surface area contributed by atoms with E-state index in [2.05, 4.69) is 5.32 Å². The highest BCUT2D eigenvalue weighted by Crippen LogP contribution is 2.15. The third-order valence-corrected chi connectivity index (χ3v) is 5.15. The maximum atomic E-state index is 12.2. The highest BCUT2D eigenvalue weighted by atomic mass is 16.4. The SMILES string of the molecule is CC(C)CC(=O)N1CCC(NC(=O)CCCn2c(=O)oc3ccccc32)CC1. The maximum absolute atomic E-state index is 12.2. The first-order valence-electron chi connectivity index (χ1n) is 10.1. The Hall–Kier alpha value is -2.57. The van der Waals surface area contributed by atoms with Crippen LogP contribution in [0.4, 0.5) is 0 Å². The van der Waals surface area contributed by atoms with E-state index in [0.29, 0.717) is 50.4 Å². The molecule has 152 valence electrons. The van der Waals surface area contributed by atoms with Gasteiger partial charge in [0.15, 0.2) is 5.58 Å². The predicted octanol–water partition coefficient (Wildman–Crippen LogP) is 2.53. The molecule has 1 N–H and O–H groups in total. The van der Waals surface area contributed by atoms with Gasteiger partial charge in [-0.1, -0.05) is 26.0 Å². The third-order valence-electron chi connectivity index (χ3n) is 5.15. The van der Waals surface area contributed by atoms with Gasteiger partial charge >= 0.3 is 5.76 Å². The topological polar surface area (TPSA) is 84.5 Å². The summed E-state index contributed by atoms with van der Waals surface area (Å²) in [6, 6.07) is 7.41. The van der Waals surface area contributed by atoms with Crippen molar-refractivity contribution in [3.63, 3.8) is 0 Å². The zero-order valence-corrected chi connectivity index (χ0v) is 16.6. The van der Waals surface area contributed by atoms with Gasteiger partial charge in [-0.3, -0.25) is 14.2 Å². The molecule has 0 atom stereocenters. The summed E-state index contributed by atoms with van der Waals surface area (Å²) in [6.07, 6.45) is 3.10. The molecule has 3 rings (SSSR count). The number of nitrogens with zero attached hydrogens (tertiary/aromatic N) is 2. The number of carbonyl (C=O) groups is 2. The molecule has 1 aliphatic heterocycles. The van der Waals surface area contributed by atoms with Gasteiger partial charge in [0, 0.05) is 38.5 Å². The molecule has 1 saturated heterocycles. The second-order valence-electron chi connectivity index (χ2n) is 7.91. The molecule has 0 aliphatic carbocycles. The van der Waals surface area contributed by atoms with E-state index in [1.165, 1.54) is 0 Å². The lowest BCUT2D eigenvalue weighted by atomic mass is 10.0. The first kappa shape index (κ1) is 20.2. The third kappa shape index (κ3) is 5.03. The lowest BCUT2D eigenvalue weighted by Crippen LogP contribution is -2.46. The van der Waals surface area contributed by atoms with E-state index in [1.54, 1.807) is 10.6 Å². The summed E-state index contributed by atoms with van der Waals surface area (Å²) in [5.41, 5.74) is 1.32. The van der Waals surface area contributed by atoms with E-state index in [-0.39, 0.29) is 23.6 Å². The maximum Gasteiger partial charge on any atom is 0.419 e. The van der Waals surface area contributed by atoms with Crippen molar-refractivity contribution in [1.29, 1.82) is 0 Å². The Morgan fingerprint density at radius 1 is 1.21 bits per heavy atom. The van der Waals surface area contributed by atoms with Crippen molar-refractivity contribution in [2.75, 3.05) is 13.1 Å². The van der Waals surface area contributed by atoms with Crippen molar-refractivity contribution in [2.24, 2.45) is 5.92 Å². The van der Waals surface area contributed by atoms with Crippen LogP contribution in [-0.2, 0) is 16.1 Å². The van der Waals surface area contributed by atoms with Crippen LogP contribution in [0.25, 0.3) is 11.1 Å². The number of para-hydroxylation sites is 2. The first-order chi connectivity index (χ1) is 13.4. The normalized spacial score (nSPS) is 15.3. The lowest BCUT2D eigenvalue weighted by Gasteiger charge is -2.32. The van der Waals surface area contributed by atoms with Crippen LogP contribution < -0.4 is 11.1 Å². The molecule has 1 aromatic carbocycles. The van der Waals surface area contributed by atoms with Gasteiger partial charge in [0.2, 0.25) is 11.8 Å². The van der Waals surface area contributed by atoms with E-state index in [0.717, 1.165) is 18.4 Å². The molecule has 2 aromatic rings. The fourth-order valence-electron chi connectivity index (χ4n) is 3.67. The molecule has 2 heterocycles. The van der Waals surface area contributed by atoms with Crippen molar-refractivity contribution < 1.29 is 14.0 Å². The number of amides is 2. The lowest BCUT2D eigenvalue weighted by molar-refractivity contribution is -0.133. The van der Waals surface area contributed by atoms with Crippen molar-refractivity contribution in [3.05, 3.63) is 34.8 Å². The Morgan fingerprint density at radius 3 is 2.64 bits per heavy atom. The molecule has 0 bridgehead atoms. The minimum atomic E-state index is -0.389. The number of aryl methyl sites for hydroxylation is 1. The van der Waals surface area contributed by atoms with Crippen molar-refractivity contribution in [3.8, 4) is 0 Å². The van der Waals surface area contributed by atoms with Crippen LogP contribution in [0.3, 0.4) is 0 Å². The fraction of sp³-hybridized carbons (Fsp3) is 0.571. The molecule has 0 saturated carbocycles. The number of likely N-dealkylation sites (tertiary alicyclic amines) is 1. The highest BCUT2D eigenvalue weighted by molar-refractivity contribution is 5.77. The van der Waals surface area contributed by atoms with Gasteiger partial charge in [-0.25, -0.2) is 4.79 Å². The van der Waals surface area contributed by atoms with Crippen LogP contribution >= 0.6 is 0 Å². The van der Waals surface area contributed by atoms with E-state index >= 15 is 0 Å². The molecule has 7 nitrogen and oxygen atoms in total. The molecule has 1 fully saturated rings. The fourth-order valence-corrected chi connectivity index (χ4v) is 3.67. The predicted molar refractivity (Wildman–Crippen MR) is 107 cm³/mol. The Balaban J connectivity index is 1.41. The highest BCUT2D eigenvalue weighted by Gasteiger charge is 2.24. The summed E-state index contributed by atoms with van der Waals surface area (Å²) in [6.45, 7) is 5.95. The van der Waals surface area contributed by atoms with Crippen LogP contribution in [0, 0.1) is 5.92 Å². The number of fused-ring (bicyclic) bond motifs is 1. The Bertz CT molecular complexity index is 875. The number of hydrogen-bond donors (Lipinski definition) is 1. The Kier molecular flexibility index (Phi) is 6.54. The standard InChI is InChI=1S/C21H29N3O4/c1-15(2)14-20(26)23-12-9-16(10-13-23)22-19(25)8-5-11-24-17-6-3-4-7-18(17)28-21(24)27/h3-4,6-7,15-16H,5,8-14H2,1-2H3,(H,22,25). The molecule has 0 unspecified atom stereocenters. The second-order valence-corrected chi connectivity index (χ2v) is 7.91. The largest absolute Gasteiger partial charge is 0.419 e. The molecular weight excluding hydrogens is 358 g/mol. The zero-order valence-electron chi connectivity index (χ0n) is 16.6. The summed E-state index contributed by atoms with van der Waals surface area (Å²) in [5.74, 6) is 0.176. The summed E-state index contributed by atoms with van der Waals surface area (Å²) in [5, 5.41) is 3.06. The van der Waals surface area contributed by atoms with Crippen LogP contribution in [-0.4, -0.2) is 40.4 Å². The minimum absolute atomic E-state index is 0.00666. The second kappa shape index (κ2) is 9.08. The van der Waals surface area contributed by atoms with E-state index in [1.807, 2.05) is 36.9 Å². The van der Waals surface area contributed by atoms with Gasteiger partial charge in [-0.05, 0) is 37.3 Å². The van der Waals surface area contributed by atoms with Crippen LogP contribution in [0.1, 0.15) is 46.0 Å². The molecule has 1 aromatic heterocycles. The van der Waals surface area contributed by atoms with Crippen molar-refractivity contribution >= 4 is 22.9 Å². The van der Waals surface area contributed by atoms with Crippen LogP contribution in [0.5, 0.6) is 0 Å². The number of hydrogen-bond acceptors (Lipinski definition) is 4. The van der Waals surface area contributed by atoms with Gasteiger partial charge in [-0.2, -0.15) is 0 Å². The number of benzene rings is 1. The number of oxazole rings is 1. The average Bonchev–Trinajstić information content (AvgIpc) is 2.97. The number of piperidine rings is 1. The van der Waals surface area contributed by atoms with Crippen molar-refractivity contribution in [1.82, 2.24) is 14.8 Å². The van der Waals surface area contributed by atoms with Gasteiger partial charge in [0.25, 0.3) is 0 Å². The van der Waals surface area contributed by atoms with Crippen LogP contribution in [0.15, 0.2) is 33.5 Å². The quantitative estimate of drug-likeness (QED) is 0.791. The monoisotopic (exact) mass is 387 g/mol. The van der Waals surface area contributed by atoms with E-state index < -0.39 is 0 Å². The molecule has 28 heavy (non-hydrogen) atoms. The minimum Gasteiger partial charge on any atom is -0.408 e. The van der Waals surface area contributed by atoms with E-state index in [9.17, 15) is 14.4 Å². The van der Waals surface area contributed by atoms with Gasteiger partial charge < -0.3 is 14.6 Å². The molecular formula is C21H29N3O4. The smallest absolute Gasteiger partial charge is 0.408 e. The van der Waals surface area contributed by atoms with Crippen molar-refractivity contribution in [2.45, 2.75) is 58.5 Å². The number of rotatable bonds is 7. The number of aromatic nitrogens is 1.